The second kappa shape index (κ2) is 31.7. The number of benzene rings is 23. The molecule has 0 amide bonds. The van der Waals surface area contributed by atoms with Crippen molar-refractivity contribution in [2.24, 2.45) is 0 Å². The Kier molecular flexibility index (Phi) is 18.0. The Bertz CT molecular complexity index is 9850. The van der Waals surface area contributed by atoms with Gasteiger partial charge in [-0.15, -0.1) is 0 Å². The lowest BCUT2D eigenvalue weighted by molar-refractivity contribution is 0.930. The molecule has 2 aliphatic rings. The fourth-order valence-corrected chi connectivity index (χ4v) is 23.1. The predicted octanol–water partition coefficient (Wildman–Crippen LogP) is 32.0. The fraction of sp³-hybridized carbons (Fsp3) is 0. The van der Waals surface area contributed by atoms with Crippen molar-refractivity contribution in [1.29, 1.82) is 0 Å². The van der Waals surface area contributed by atoms with Gasteiger partial charge in [0.25, 0.3) is 0 Å². The number of hydrogen-bond donors (Lipinski definition) is 0. The molecule has 9 heteroatoms. The van der Waals surface area contributed by atoms with E-state index in [2.05, 4.69) is 346 Å². The number of hydrogen-bond acceptors (Lipinski definition) is 3. The molecule has 26 aromatic rings. The van der Waals surface area contributed by atoms with Crippen molar-refractivity contribution in [1.82, 2.24) is 27.4 Å². The van der Waals surface area contributed by atoms with Gasteiger partial charge < -0.3 is 0 Å². The molecule has 652 valence electrons. The number of imidazole rings is 3. The van der Waals surface area contributed by atoms with Gasteiger partial charge in [-0.3, -0.25) is 27.4 Å². The molecule has 140 heavy (non-hydrogen) atoms. The molecule has 0 bridgehead atoms. The van der Waals surface area contributed by atoms with Crippen LogP contribution in [0.2, 0.25) is 0 Å². The zero-order chi connectivity index (χ0) is 92.5. The van der Waals surface area contributed by atoms with Crippen molar-refractivity contribution in [3.63, 3.8) is 0 Å². The van der Waals surface area contributed by atoms with E-state index < -0.39 is 0 Å². The van der Waals surface area contributed by atoms with Crippen molar-refractivity contribution in [3.05, 3.63) is 517 Å². The Morgan fingerprint density at radius 2 is 0.407 bits per heavy atom. The maximum absolute atomic E-state index is 15.6. The molecule has 0 aliphatic heterocycles. The third-order valence-electron chi connectivity index (χ3n) is 29.3. The Balaban J connectivity index is 0.524. The molecular weight excluding hydrogens is 1710 g/mol. The SMILES string of the molecule is O=c1n(-c2ccccc2)c2ccccc2n1-c1ccc(-c2ccc3c4c(cccc24)-c2c(-c4ccccc4)c(-c4ccccc4)c(-c4ccccc4)c(-c4ccc(-c5ccc6c(-c7ccc(-n8c(=O)n(-c9cccc(-c%10ccc%11c(c%10)n(-c%10ccccc%10)c(=O)n%11-c%10ccc(-c%11ccc%12c%13ccccc%13c%13ccccc%13c%12c%11)cc%10)c9)c9ccccc98)cc7)ccc7c6c5-c5ccccc5-7)cc4)c2-3)cc1. The van der Waals surface area contributed by atoms with Crippen LogP contribution in [0.5, 0.6) is 0 Å². The van der Waals surface area contributed by atoms with Crippen molar-refractivity contribution in [2.45, 2.75) is 0 Å². The maximum Gasteiger partial charge on any atom is 0.338 e. The Labute approximate surface area is 804 Å². The van der Waals surface area contributed by atoms with Crippen LogP contribution in [0.25, 0.3) is 266 Å². The van der Waals surface area contributed by atoms with Crippen molar-refractivity contribution < 1.29 is 0 Å². The Morgan fingerprint density at radius 1 is 0.121 bits per heavy atom. The Hall–Kier alpha value is -18.8. The molecule has 0 unspecified atom stereocenters. The van der Waals surface area contributed by atoms with Gasteiger partial charge in [-0.25, -0.2) is 14.4 Å². The van der Waals surface area contributed by atoms with Crippen LogP contribution in [0.3, 0.4) is 0 Å². The highest BCUT2D eigenvalue weighted by atomic mass is 16.2. The van der Waals surface area contributed by atoms with Gasteiger partial charge >= 0.3 is 17.1 Å². The largest absolute Gasteiger partial charge is 0.338 e. The number of rotatable bonds is 15. The zero-order valence-electron chi connectivity index (χ0n) is 75.6. The summed E-state index contributed by atoms with van der Waals surface area (Å²) in [5, 5.41) is 12.1. The highest BCUT2D eigenvalue weighted by Gasteiger charge is 2.36. The van der Waals surface area contributed by atoms with Gasteiger partial charge in [-0.2, -0.15) is 0 Å². The normalized spacial score (nSPS) is 11.9. The summed E-state index contributed by atoms with van der Waals surface area (Å²) < 4.78 is 10.9. The van der Waals surface area contributed by atoms with E-state index in [1.54, 1.807) is 9.13 Å². The maximum atomic E-state index is 15.6. The molecule has 28 rings (SSSR count). The smallest absolute Gasteiger partial charge is 0.260 e. The predicted molar refractivity (Wildman–Crippen MR) is 579 cm³/mol. The van der Waals surface area contributed by atoms with E-state index in [-0.39, 0.29) is 17.1 Å². The number of para-hydroxylation sites is 6. The van der Waals surface area contributed by atoms with Gasteiger partial charge in [0.05, 0.1) is 67.2 Å². The molecule has 23 aromatic carbocycles. The van der Waals surface area contributed by atoms with Crippen LogP contribution in [0.15, 0.2) is 500 Å². The lowest BCUT2D eigenvalue weighted by atomic mass is 9.76. The molecular formula is C131H80N6O3. The van der Waals surface area contributed by atoms with Gasteiger partial charge in [0, 0.05) is 0 Å². The molecule has 3 heterocycles. The highest BCUT2D eigenvalue weighted by molar-refractivity contribution is 6.29. The van der Waals surface area contributed by atoms with E-state index in [1.165, 1.54) is 98.7 Å². The van der Waals surface area contributed by atoms with E-state index in [0.717, 1.165) is 161 Å². The summed E-state index contributed by atoms with van der Waals surface area (Å²) in [5.74, 6) is 0. The zero-order valence-corrected chi connectivity index (χ0v) is 75.6. The topological polar surface area (TPSA) is 80.8 Å². The lowest BCUT2D eigenvalue weighted by Crippen LogP contribution is -2.22. The molecule has 0 spiro atoms. The molecule has 0 fully saturated rings. The number of aromatic nitrogens is 6. The first kappa shape index (κ1) is 79.7. The van der Waals surface area contributed by atoms with Crippen molar-refractivity contribution in [3.8, 4) is 179 Å². The Morgan fingerprint density at radius 3 is 0.921 bits per heavy atom. The minimum Gasteiger partial charge on any atom is -0.260 e. The summed E-state index contributed by atoms with van der Waals surface area (Å²) in [7, 11) is 0. The van der Waals surface area contributed by atoms with Crippen LogP contribution >= 0.6 is 0 Å². The second-order valence-corrected chi connectivity index (χ2v) is 36.7. The lowest BCUT2D eigenvalue weighted by Gasteiger charge is -2.26. The quantitative estimate of drug-likeness (QED) is 0.0959. The van der Waals surface area contributed by atoms with Gasteiger partial charge in [0.2, 0.25) is 0 Å². The molecule has 3 aromatic heterocycles. The second-order valence-electron chi connectivity index (χ2n) is 36.7. The van der Waals surface area contributed by atoms with E-state index in [1.807, 2.05) is 158 Å². The first-order valence-corrected chi connectivity index (χ1v) is 47.6. The monoisotopic (exact) mass is 1780 g/mol. The summed E-state index contributed by atoms with van der Waals surface area (Å²) in [5.41, 5.74) is 38.0. The fourth-order valence-electron chi connectivity index (χ4n) is 23.1. The molecule has 0 radical (unpaired) electrons. The summed E-state index contributed by atoms with van der Waals surface area (Å²) in [4.78, 5) is 45.5. The molecule has 2 aliphatic carbocycles. The molecule has 9 nitrogen and oxygen atoms in total. The number of fused-ring (bicyclic) bond motifs is 15. The first-order chi connectivity index (χ1) is 69.3. The first-order valence-electron chi connectivity index (χ1n) is 47.6. The molecule has 0 saturated heterocycles. The third-order valence-corrected chi connectivity index (χ3v) is 29.3. The van der Waals surface area contributed by atoms with Crippen LogP contribution in [-0.2, 0) is 0 Å². The van der Waals surface area contributed by atoms with Crippen LogP contribution < -0.4 is 17.1 Å². The van der Waals surface area contributed by atoms with E-state index >= 15 is 9.59 Å². The minimum atomic E-state index is -0.197. The number of nitrogens with zero attached hydrogens (tertiary/aromatic N) is 6. The van der Waals surface area contributed by atoms with Crippen LogP contribution in [0.1, 0.15) is 0 Å². The van der Waals surface area contributed by atoms with Crippen molar-refractivity contribution in [2.75, 3.05) is 0 Å². The molecule has 0 saturated carbocycles. The van der Waals surface area contributed by atoms with Gasteiger partial charge in [0.15, 0.2) is 0 Å². The van der Waals surface area contributed by atoms with Gasteiger partial charge in [-0.05, 0) is 314 Å². The van der Waals surface area contributed by atoms with Crippen LogP contribution in [-0.4, -0.2) is 27.4 Å². The minimum absolute atomic E-state index is 0.123. The third kappa shape index (κ3) is 12.2. The van der Waals surface area contributed by atoms with Gasteiger partial charge in [0.1, 0.15) is 0 Å². The van der Waals surface area contributed by atoms with Crippen molar-refractivity contribution >= 4 is 87.0 Å². The summed E-state index contributed by atoms with van der Waals surface area (Å²) >= 11 is 0. The summed E-state index contributed by atoms with van der Waals surface area (Å²) in [6, 6.07) is 172. The van der Waals surface area contributed by atoms with E-state index in [4.69, 9.17) is 0 Å². The van der Waals surface area contributed by atoms with E-state index in [0.29, 0.717) is 5.69 Å². The standard InChI is InChI=1S/C131H80N6O3/c138-129-132(92-35-12-4-13-36-92)114-48-22-23-49-115(114)133(129)95-66-58-82(59-67-95)98-72-76-112-124-107(98)46-27-47-111(124)127-122(87-32-10-3-11-33-87)120(85-28-6-1-7-29-85)121(86-30-8-2-9-31-86)123(128(112)127)88-54-52-84(53-55-88)100-73-75-109-99(71-74-110-105-44-20-21-45-108(105)125(100)126(109)110)83-60-68-96(69-61-83)134-116-50-24-25-51-117(116)137(131(134)140)97-39-26-34-89(78-97)91-63-77-118-119(80-91)136(93-37-14-5-15-38-93)130(139)135(118)94-64-56-81(57-65-94)90-62-70-106-103-42-17-16-40-101(103)102-41-18-19-43-104(102)113(106)79-90/h1-80H. The van der Waals surface area contributed by atoms with E-state index in [9.17, 15) is 4.79 Å². The summed E-state index contributed by atoms with van der Waals surface area (Å²) in [6.07, 6.45) is 0. The van der Waals surface area contributed by atoms with Gasteiger partial charge in [-0.1, -0.05) is 370 Å². The average Bonchev–Trinajstić information content (AvgIpc) is 1.51. The van der Waals surface area contributed by atoms with Crippen LogP contribution in [0.4, 0.5) is 0 Å². The molecule has 0 atom stereocenters. The molecule has 0 N–H and O–H groups in total. The summed E-state index contributed by atoms with van der Waals surface area (Å²) in [6.45, 7) is 0. The highest BCUT2D eigenvalue weighted by Crippen LogP contribution is 2.63. The van der Waals surface area contributed by atoms with Crippen LogP contribution in [0, 0.1) is 0 Å². The average molecular weight is 1790 g/mol.